The van der Waals surface area contributed by atoms with Crippen LogP contribution in [0.2, 0.25) is 0 Å². The fourth-order valence-electron chi connectivity index (χ4n) is 3.53. The first-order chi connectivity index (χ1) is 15.2. The Morgan fingerprint density at radius 3 is 2.58 bits per heavy atom. The Labute approximate surface area is 185 Å². The highest BCUT2D eigenvalue weighted by Gasteiger charge is 2.19. The normalized spacial score (nSPS) is 14.4. The number of tetrazole rings is 1. The van der Waals surface area contributed by atoms with Crippen LogP contribution in [0.1, 0.15) is 0 Å². The Morgan fingerprint density at radius 2 is 1.81 bits per heavy atom. The lowest BCUT2D eigenvalue weighted by Gasteiger charge is -2.36. The highest BCUT2D eigenvalue weighted by molar-refractivity contribution is 7.99. The van der Waals surface area contributed by atoms with E-state index in [1.54, 1.807) is 4.68 Å². The maximum atomic E-state index is 12.7. The molecule has 0 spiro atoms. The lowest BCUT2D eigenvalue weighted by molar-refractivity contribution is -0.113. The molecule has 2 heterocycles. The van der Waals surface area contributed by atoms with Crippen molar-refractivity contribution in [2.45, 2.75) is 5.16 Å². The molecule has 3 aromatic rings. The molecule has 0 bridgehead atoms. The molecule has 160 valence electrons. The largest absolute Gasteiger partial charge is 0.367 e. The number of carbonyl (C=O) groups excluding carboxylic acids is 1. The van der Waals surface area contributed by atoms with Crippen molar-refractivity contribution in [2.75, 3.05) is 48.7 Å². The first-order valence-corrected chi connectivity index (χ1v) is 11.2. The molecule has 31 heavy (non-hydrogen) atoms. The maximum Gasteiger partial charge on any atom is 0.234 e. The number of hydrogen-bond donors (Lipinski definition) is 1. The zero-order valence-electron chi connectivity index (χ0n) is 17.2. The van der Waals surface area contributed by atoms with Crippen LogP contribution >= 0.6 is 11.8 Å². The second kappa shape index (κ2) is 10.2. The van der Waals surface area contributed by atoms with Gasteiger partial charge in [0, 0.05) is 32.7 Å². The monoisotopic (exact) mass is 435 g/mol. The van der Waals surface area contributed by atoms with Crippen LogP contribution in [-0.2, 0) is 4.79 Å². The van der Waals surface area contributed by atoms with Gasteiger partial charge in [0.15, 0.2) is 0 Å². The van der Waals surface area contributed by atoms with Crippen LogP contribution in [0.15, 0.2) is 72.4 Å². The van der Waals surface area contributed by atoms with Gasteiger partial charge in [-0.3, -0.25) is 9.69 Å². The molecule has 0 saturated carbocycles. The minimum Gasteiger partial charge on any atom is -0.367 e. The third kappa shape index (κ3) is 5.31. The van der Waals surface area contributed by atoms with E-state index in [1.807, 2.05) is 54.6 Å². The predicted molar refractivity (Wildman–Crippen MR) is 124 cm³/mol. The minimum atomic E-state index is -0.0923. The number of aromatic nitrogens is 4. The highest BCUT2D eigenvalue weighted by atomic mass is 32.2. The topological polar surface area (TPSA) is 79.2 Å². The number of benzene rings is 2. The summed E-state index contributed by atoms with van der Waals surface area (Å²) in [5.41, 5.74) is 2.73. The Hall–Kier alpha value is -3.17. The van der Waals surface area contributed by atoms with Crippen molar-refractivity contribution < 1.29 is 4.79 Å². The smallest absolute Gasteiger partial charge is 0.234 e. The van der Waals surface area contributed by atoms with E-state index in [0.29, 0.717) is 5.16 Å². The van der Waals surface area contributed by atoms with Crippen LogP contribution in [0.25, 0.3) is 5.69 Å². The third-order valence-electron chi connectivity index (χ3n) is 5.05. The first kappa shape index (κ1) is 21.1. The van der Waals surface area contributed by atoms with Crippen molar-refractivity contribution in [1.82, 2.24) is 25.1 Å². The van der Waals surface area contributed by atoms with E-state index in [1.165, 1.54) is 11.8 Å². The Kier molecular flexibility index (Phi) is 6.96. The SMILES string of the molecule is C=CCN1CCN(c2ccccc2NC(=O)CSc2nnnn2-c2ccccc2)CC1. The summed E-state index contributed by atoms with van der Waals surface area (Å²) in [4.78, 5) is 17.4. The number of nitrogens with one attached hydrogen (secondary N) is 1. The molecule has 1 amide bonds. The molecular formula is C22H25N7OS. The summed E-state index contributed by atoms with van der Waals surface area (Å²) in [5.74, 6) is 0.125. The average molecular weight is 436 g/mol. The summed E-state index contributed by atoms with van der Waals surface area (Å²) >= 11 is 1.31. The second-order valence-corrected chi connectivity index (χ2v) is 8.08. The molecule has 4 rings (SSSR count). The van der Waals surface area contributed by atoms with Crippen LogP contribution in [-0.4, -0.2) is 69.5 Å². The van der Waals surface area contributed by atoms with Gasteiger partial charge in [-0.15, -0.1) is 11.7 Å². The van der Waals surface area contributed by atoms with Gasteiger partial charge in [-0.2, -0.15) is 4.68 Å². The highest BCUT2D eigenvalue weighted by Crippen LogP contribution is 2.27. The zero-order chi connectivity index (χ0) is 21.5. The number of rotatable bonds is 8. The van der Waals surface area contributed by atoms with Crippen LogP contribution in [0.5, 0.6) is 0 Å². The lowest BCUT2D eigenvalue weighted by atomic mass is 10.2. The van der Waals surface area contributed by atoms with Gasteiger partial charge in [0.25, 0.3) is 0 Å². The second-order valence-electron chi connectivity index (χ2n) is 7.14. The van der Waals surface area contributed by atoms with Crippen LogP contribution in [0, 0.1) is 0 Å². The van der Waals surface area contributed by atoms with Crippen molar-refractivity contribution in [3.63, 3.8) is 0 Å². The molecule has 1 aliphatic rings. The van der Waals surface area contributed by atoms with Gasteiger partial charge in [-0.25, -0.2) is 0 Å². The van der Waals surface area contributed by atoms with E-state index in [4.69, 9.17) is 0 Å². The van der Waals surface area contributed by atoms with Crippen molar-refractivity contribution in [3.8, 4) is 5.69 Å². The molecule has 0 aliphatic carbocycles. The number of hydrogen-bond acceptors (Lipinski definition) is 7. The molecule has 0 radical (unpaired) electrons. The number of para-hydroxylation sites is 3. The van der Waals surface area contributed by atoms with Crippen molar-refractivity contribution >= 4 is 29.0 Å². The van der Waals surface area contributed by atoms with Crippen LogP contribution < -0.4 is 10.2 Å². The summed E-state index contributed by atoms with van der Waals surface area (Å²) in [6, 6.07) is 17.6. The van der Waals surface area contributed by atoms with Gasteiger partial charge in [0.05, 0.1) is 22.8 Å². The van der Waals surface area contributed by atoms with E-state index in [9.17, 15) is 4.79 Å². The van der Waals surface area contributed by atoms with E-state index in [-0.39, 0.29) is 11.7 Å². The summed E-state index contributed by atoms with van der Waals surface area (Å²) in [6.07, 6.45) is 1.94. The first-order valence-electron chi connectivity index (χ1n) is 10.2. The molecule has 1 aromatic heterocycles. The molecule has 1 saturated heterocycles. The number of piperazine rings is 1. The fourth-order valence-corrected chi connectivity index (χ4v) is 4.22. The van der Waals surface area contributed by atoms with Gasteiger partial charge in [-0.1, -0.05) is 48.2 Å². The molecule has 1 N–H and O–H groups in total. The van der Waals surface area contributed by atoms with E-state index >= 15 is 0 Å². The van der Waals surface area contributed by atoms with Crippen LogP contribution in [0.3, 0.4) is 0 Å². The fraction of sp³-hybridized carbons (Fsp3) is 0.273. The summed E-state index contributed by atoms with van der Waals surface area (Å²) in [6.45, 7) is 8.52. The number of nitrogens with zero attached hydrogens (tertiary/aromatic N) is 6. The standard InChI is InChI=1S/C22H25N7OS/c1-2-12-27-13-15-28(16-14-27)20-11-7-6-10-19(20)23-21(30)17-31-22-24-25-26-29(22)18-8-4-3-5-9-18/h2-11H,1,12-17H2,(H,23,30). The molecule has 0 unspecified atom stereocenters. The van der Waals surface area contributed by atoms with Crippen molar-refractivity contribution in [2.24, 2.45) is 0 Å². The van der Waals surface area contributed by atoms with Crippen molar-refractivity contribution in [1.29, 1.82) is 0 Å². The quantitative estimate of drug-likeness (QED) is 0.430. The molecule has 0 atom stereocenters. The molecule has 9 heteroatoms. The Balaban J connectivity index is 1.37. The Morgan fingerprint density at radius 1 is 1.06 bits per heavy atom. The van der Waals surface area contributed by atoms with E-state index < -0.39 is 0 Å². The lowest BCUT2D eigenvalue weighted by Crippen LogP contribution is -2.46. The number of anilines is 2. The summed E-state index contributed by atoms with van der Waals surface area (Å²) in [5, 5.41) is 15.5. The predicted octanol–water partition coefficient (Wildman–Crippen LogP) is 2.70. The number of carbonyl (C=O) groups is 1. The number of amides is 1. The van der Waals surface area contributed by atoms with E-state index in [2.05, 4.69) is 43.3 Å². The molecular weight excluding hydrogens is 410 g/mol. The summed E-state index contributed by atoms with van der Waals surface area (Å²) in [7, 11) is 0. The third-order valence-corrected chi connectivity index (χ3v) is 5.97. The van der Waals surface area contributed by atoms with Crippen LogP contribution in [0.4, 0.5) is 11.4 Å². The maximum absolute atomic E-state index is 12.7. The molecule has 1 aliphatic heterocycles. The molecule has 2 aromatic carbocycles. The minimum absolute atomic E-state index is 0.0923. The molecule has 1 fully saturated rings. The average Bonchev–Trinajstić information content (AvgIpc) is 3.28. The van der Waals surface area contributed by atoms with Gasteiger partial charge >= 0.3 is 0 Å². The van der Waals surface area contributed by atoms with Gasteiger partial charge < -0.3 is 10.2 Å². The summed E-state index contributed by atoms with van der Waals surface area (Å²) < 4.78 is 1.63. The molecule has 8 nitrogen and oxygen atoms in total. The van der Waals surface area contributed by atoms with Gasteiger partial charge in [0.2, 0.25) is 11.1 Å². The van der Waals surface area contributed by atoms with Gasteiger partial charge in [-0.05, 0) is 34.7 Å². The van der Waals surface area contributed by atoms with Crippen molar-refractivity contribution in [3.05, 3.63) is 67.3 Å². The number of thioether (sulfide) groups is 1. The zero-order valence-corrected chi connectivity index (χ0v) is 18.0. The Bertz CT molecular complexity index is 1020. The van der Waals surface area contributed by atoms with Gasteiger partial charge in [0.1, 0.15) is 0 Å². The van der Waals surface area contributed by atoms with E-state index in [0.717, 1.165) is 49.8 Å².